The van der Waals surface area contributed by atoms with Gasteiger partial charge in [-0.1, -0.05) is 0 Å². The van der Waals surface area contributed by atoms with Gasteiger partial charge in [-0.2, -0.15) is 0 Å². The van der Waals surface area contributed by atoms with E-state index < -0.39 is 0 Å². The molecule has 1 amide bonds. The summed E-state index contributed by atoms with van der Waals surface area (Å²) in [5.41, 5.74) is 0.818. The quantitative estimate of drug-likeness (QED) is 0.800. The van der Waals surface area contributed by atoms with Gasteiger partial charge in [-0.05, 0) is 38.3 Å². The number of nitrogens with zero attached hydrogens (tertiary/aromatic N) is 2. The second kappa shape index (κ2) is 5.66. The summed E-state index contributed by atoms with van der Waals surface area (Å²) in [4.78, 5) is 17.9. The molecule has 1 aromatic rings. The maximum absolute atomic E-state index is 11.9. The Labute approximate surface area is 102 Å². The summed E-state index contributed by atoms with van der Waals surface area (Å²) in [5, 5.41) is 0. The van der Waals surface area contributed by atoms with E-state index in [1.54, 1.807) is 6.20 Å². The van der Waals surface area contributed by atoms with Gasteiger partial charge in [-0.15, -0.1) is 0 Å². The van der Waals surface area contributed by atoms with Crippen LogP contribution in [0.25, 0.3) is 0 Å². The summed E-state index contributed by atoms with van der Waals surface area (Å²) in [5.74, 6) is 0.769. The number of aryl methyl sites for hydroxylation is 1. The van der Waals surface area contributed by atoms with E-state index in [1.165, 1.54) is 6.42 Å². The van der Waals surface area contributed by atoms with Crippen molar-refractivity contribution in [3.8, 4) is 5.75 Å². The first-order chi connectivity index (χ1) is 8.27. The topological polar surface area (TPSA) is 42.4 Å². The summed E-state index contributed by atoms with van der Waals surface area (Å²) < 4.78 is 5.50. The molecular formula is C13H18N2O2. The monoisotopic (exact) mass is 234 g/mol. The first-order valence-corrected chi connectivity index (χ1v) is 6.09. The molecule has 1 fully saturated rings. The van der Waals surface area contributed by atoms with Crippen LogP contribution in [-0.2, 0) is 4.79 Å². The minimum Gasteiger partial charge on any atom is -0.482 e. The minimum absolute atomic E-state index is 0.0768. The number of likely N-dealkylation sites (tertiary alicyclic amines) is 1. The Morgan fingerprint density at radius 1 is 1.41 bits per heavy atom. The Morgan fingerprint density at radius 3 is 2.88 bits per heavy atom. The van der Waals surface area contributed by atoms with Gasteiger partial charge in [0.2, 0.25) is 0 Å². The van der Waals surface area contributed by atoms with Gasteiger partial charge in [0.1, 0.15) is 5.75 Å². The highest BCUT2D eigenvalue weighted by atomic mass is 16.5. The van der Waals surface area contributed by atoms with E-state index >= 15 is 0 Å². The molecule has 2 heterocycles. The molecule has 0 saturated carbocycles. The molecular weight excluding hydrogens is 216 g/mol. The van der Waals surface area contributed by atoms with Crippen molar-refractivity contribution >= 4 is 5.91 Å². The molecule has 4 nitrogen and oxygen atoms in total. The van der Waals surface area contributed by atoms with Crippen molar-refractivity contribution in [2.75, 3.05) is 19.7 Å². The molecule has 0 N–H and O–H groups in total. The molecule has 0 radical (unpaired) electrons. The number of amides is 1. The van der Waals surface area contributed by atoms with Crippen molar-refractivity contribution in [2.24, 2.45) is 0 Å². The summed E-state index contributed by atoms with van der Waals surface area (Å²) in [6.45, 7) is 3.73. The lowest BCUT2D eigenvalue weighted by atomic mass is 10.1. The van der Waals surface area contributed by atoms with Crippen molar-refractivity contribution in [3.63, 3.8) is 0 Å². The van der Waals surface area contributed by atoms with E-state index in [4.69, 9.17) is 4.74 Å². The maximum Gasteiger partial charge on any atom is 0.260 e. The van der Waals surface area contributed by atoms with E-state index in [9.17, 15) is 4.79 Å². The van der Waals surface area contributed by atoms with Gasteiger partial charge >= 0.3 is 0 Å². The first-order valence-electron chi connectivity index (χ1n) is 6.09. The molecule has 1 aliphatic heterocycles. The molecule has 17 heavy (non-hydrogen) atoms. The predicted molar refractivity (Wildman–Crippen MR) is 64.9 cm³/mol. The average molecular weight is 234 g/mol. The lowest BCUT2D eigenvalue weighted by Gasteiger charge is -2.26. The van der Waals surface area contributed by atoms with Gasteiger partial charge in [-0.3, -0.25) is 9.78 Å². The van der Waals surface area contributed by atoms with Gasteiger partial charge < -0.3 is 9.64 Å². The van der Waals surface area contributed by atoms with Crippen LogP contribution in [0.1, 0.15) is 25.0 Å². The number of rotatable bonds is 3. The largest absolute Gasteiger partial charge is 0.482 e. The zero-order valence-electron chi connectivity index (χ0n) is 10.2. The van der Waals surface area contributed by atoms with Crippen molar-refractivity contribution in [2.45, 2.75) is 26.2 Å². The highest BCUT2D eigenvalue weighted by Gasteiger charge is 2.16. The molecule has 1 aliphatic rings. The third-order valence-corrected chi connectivity index (χ3v) is 3.02. The molecule has 0 aliphatic carbocycles. The number of piperidine rings is 1. The van der Waals surface area contributed by atoms with Crippen molar-refractivity contribution in [1.82, 2.24) is 9.88 Å². The lowest BCUT2D eigenvalue weighted by Crippen LogP contribution is -2.38. The van der Waals surface area contributed by atoms with Crippen molar-refractivity contribution in [1.29, 1.82) is 0 Å². The maximum atomic E-state index is 11.9. The Morgan fingerprint density at radius 2 is 2.18 bits per heavy atom. The number of pyridine rings is 1. The van der Waals surface area contributed by atoms with E-state index in [0.29, 0.717) is 5.75 Å². The summed E-state index contributed by atoms with van der Waals surface area (Å²) in [6, 6.07) is 3.65. The van der Waals surface area contributed by atoms with Crippen LogP contribution < -0.4 is 4.74 Å². The molecule has 0 unspecified atom stereocenters. The molecule has 0 spiro atoms. The fourth-order valence-electron chi connectivity index (χ4n) is 2.00. The van der Waals surface area contributed by atoms with Gasteiger partial charge in [0, 0.05) is 19.3 Å². The van der Waals surface area contributed by atoms with Crippen LogP contribution in [0.2, 0.25) is 0 Å². The van der Waals surface area contributed by atoms with E-state index in [-0.39, 0.29) is 12.5 Å². The van der Waals surface area contributed by atoms with Crippen molar-refractivity contribution < 1.29 is 9.53 Å². The van der Waals surface area contributed by atoms with E-state index in [0.717, 1.165) is 31.6 Å². The van der Waals surface area contributed by atoms with Gasteiger partial charge in [0.15, 0.2) is 6.61 Å². The fourth-order valence-corrected chi connectivity index (χ4v) is 2.00. The predicted octanol–water partition coefficient (Wildman–Crippen LogP) is 1.78. The Kier molecular flexibility index (Phi) is 3.96. The third kappa shape index (κ3) is 3.19. The second-order valence-corrected chi connectivity index (χ2v) is 4.32. The highest BCUT2D eigenvalue weighted by molar-refractivity contribution is 5.77. The van der Waals surface area contributed by atoms with Crippen LogP contribution in [-0.4, -0.2) is 35.5 Å². The normalized spacial score (nSPS) is 15.7. The van der Waals surface area contributed by atoms with Crippen LogP contribution in [0.15, 0.2) is 18.3 Å². The van der Waals surface area contributed by atoms with Crippen molar-refractivity contribution in [3.05, 3.63) is 24.0 Å². The lowest BCUT2D eigenvalue weighted by molar-refractivity contribution is -0.134. The zero-order valence-corrected chi connectivity index (χ0v) is 10.2. The molecule has 4 heteroatoms. The smallest absolute Gasteiger partial charge is 0.260 e. The van der Waals surface area contributed by atoms with Crippen LogP contribution in [0, 0.1) is 6.92 Å². The molecule has 0 atom stereocenters. The molecule has 0 bridgehead atoms. The van der Waals surface area contributed by atoms with Crippen LogP contribution in [0.5, 0.6) is 5.75 Å². The number of carbonyl (C=O) groups is 1. The van der Waals surface area contributed by atoms with Gasteiger partial charge in [0.05, 0.1) is 5.69 Å². The third-order valence-electron chi connectivity index (χ3n) is 3.02. The molecule has 0 aromatic carbocycles. The highest BCUT2D eigenvalue weighted by Crippen LogP contribution is 2.14. The zero-order chi connectivity index (χ0) is 12.1. The molecule has 92 valence electrons. The summed E-state index contributed by atoms with van der Waals surface area (Å²) in [6.07, 6.45) is 5.16. The van der Waals surface area contributed by atoms with Gasteiger partial charge in [0.25, 0.3) is 5.91 Å². The minimum atomic E-state index is 0.0768. The Balaban J connectivity index is 1.85. The Hall–Kier alpha value is -1.58. The number of hydrogen-bond donors (Lipinski definition) is 0. The fraction of sp³-hybridized carbons (Fsp3) is 0.538. The van der Waals surface area contributed by atoms with Gasteiger partial charge in [-0.25, -0.2) is 0 Å². The first kappa shape index (κ1) is 11.9. The number of hydrogen-bond acceptors (Lipinski definition) is 3. The van der Waals surface area contributed by atoms with Crippen LogP contribution in [0.4, 0.5) is 0 Å². The number of aromatic nitrogens is 1. The van der Waals surface area contributed by atoms with Crippen LogP contribution in [0.3, 0.4) is 0 Å². The number of carbonyl (C=O) groups excluding carboxylic acids is 1. The summed E-state index contributed by atoms with van der Waals surface area (Å²) in [7, 11) is 0. The second-order valence-electron chi connectivity index (χ2n) is 4.32. The number of ether oxygens (including phenoxy) is 1. The van der Waals surface area contributed by atoms with Crippen LogP contribution >= 0.6 is 0 Å². The average Bonchev–Trinajstić information content (AvgIpc) is 2.38. The molecule has 1 saturated heterocycles. The van der Waals surface area contributed by atoms with E-state index in [2.05, 4.69) is 4.98 Å². The standard InChI is InChI=1S/C13H18N2O2/c1-11-12(6-5-7-14-11)17-10-13(16)15-8-3-2-4-9-15/h5-7H,2-4,8-10H2,1H3. The SMILES string of the molecule is Cc1ncccc1OCC(=O)N1CCCCC1. The Bertz CT molecular complexity index is 387. The summed E-state index contributed by atoms with van der Waals surface area (Å²) >= 11 is 0. The molecule has 1 aromatic heterocycles. The van der Waals surface area contributed by atoms with E-state index in [1.807, 2.05) is 24.0 Å². The molecule has 2 rings (SSSR count).